The maximum absolute atomic E-state index is 6.31. The Bertz CT molecular complexity index is 91.8. The third-order valence-corrected chi connectivity index (χ3v) is 1.36. The average Bonchev–Trinajstić information content (AvgIpc) is 1.66. The summed E-state index contributed by atoms with van der Waals surface area (Å²) in [5, 5.41) is 0. The van der Waals surface area contributed by atoms with Crippen LogP contribution in [0.3, 0.4) is 0 Å². The predicted octanol–water partition coefficient (Wildman–Crippen LogP) is 2.63. The van der Waals surface area contributed by atoms with Crippen molar-refractivity contribution in [2.75, 3.05) is 13.2 Å². The minimum absolute atomic E-state index is 0.332. The highest BCUT2D eigenvalue weighted by Gasteiger charge is 1.97. The third-order valence-electron chi connectivity index (χ3n) is 0.392. The Kier molecular flexibility index (Phi) is 5.92. The van der Waals surface area contributed by atoms with Crippen LogP contribution in [0, 0.1) is 6.57 Å². The standard InChI is InChI=1S/C3H4Cl2NOP/c1-6-2-3-7-8(4)5/h2-3H2. The molecule has 0 bridgehead atoms. The topological polar surface area (TPSA) is 13.6 Å². The summed E-state index contributed by atoms with van der Waals surface area (Å²) in [6.45, 7) is 5.67. The Morgan fingerprint density at radius 2 is 2.25 bits per heavy atom. The lowest BCUT2D eigenvalue weighted by Gasteiger charge is -1.94. The van der Waals surface area contributed by atoms with Gasteiger partial charge in [0, 0.05) is 0 Å². The average molecular weight is 172 g/mol. The molecule has 0 heterocycles. The smallest absolute Gasteiger partial charge is 0.238 e. The van der Waals surface area contributed by atoms with E-state index in [-0.39, 0.29) is 0 Å². The van der Waals surface area contributed by atoms with Gasteiger partial charge < -0.3 is 9.37 Å². The molecule has 0 aromatic heterocycles. The quantitative estimate of drug-likeness (QED) is 0.362. The van der Waals surface area contributed by atoms with E-state index < -0.39 is 6.85 Å². The van der Waals surface area contributed by atoms with Gasteiger partial charge in [-0.25, -0.2) is 6.57 Å². The first-order chi connectivity index (χ1) is 3.77. The Hall–Kier alpha value is 0.460. The molecular formula is C3H4Cl2NOP. The van der Waals surface area contributed by atoms with Crippen LogP contribution in [-0.2, 0) is 4.52 Å². The van der Waals surface area contributed by atoms with Crippen molar-refractivity contribution in [2.24, 2.45) is 0 Å². The summed E-state index contributed by atoms with van der Waals surface area (Å²) < 4.78 is 4.66. The summed E-state index contributed by atoms with van der Waals surface area (Å²) in [6.07, 6.45) is 0. The SMILES string of the molecule is [C-]#[N+]CCOP(Cl)Cl. The second-order valence-corrected chi connectivity index (χ2v) is 3.94. The molecule has 0 N–H and O–H groups in total. The lowest BCUT2D eigenvalue weighted by molar-refractivity contribution is 0.388. The fourth-order valence-electron chi connectivity index (χ4n) is 0.155. The first kappa shape index (κ1) is 8.46. The largest absolute Gasteiger partial charge is 0.324 e. The summed E-state index contributed by atoms with van der Waals surface area (Å²) in [5.74, 6) is 0. The maximum atomic E-state index is 6.31. The van der Waals surface area contributed by atoms with Crippen molar-refractivity contribution in [1.82, 2.24) is 0 Å². The maximum Gasteiger partial charge on any atom is 0.238 e. The van der Waals surface area contributed by atoms with Gasteiger partial charge in [-0.15, -0.1) is 0 Å². The van der Waals surface area contributed by atoms with Gasteiger partial charge in [-0.05, 0) is 22.5 Å². The molecule has 0 saturated carbocycles. The van der Waals surface area contributed by atoms with Crippen LogP contribution >= 0.6 is 29.3 Å². The molecule has 0 amide bonds. The van der Waals surface area contributed by atoms with E-state index in [4.69, 9.17) is 29.1 Å². The fourth-order valence-corrected chi connectivity index (χ4v) is 0.789. The van der Waals surface area contributed by atoms with Gasteiger partial charge >= 0.3 is 0 Å². The molecule has 0 spiro atoms. The van der Waals surface area contributed by atoms with Crippen LogP contribution in [0.25, 0.3) is 4.85 Å². The summed E-state index contributed by atoms with van der Waals surface area (Å²) in [5.41, 5.74) is 0. The van der Waals surface area contributed by atoms with Crippen molar-refractivity contribution in [3.63, 3.8) is 0 Å². The molecule has 0 aliphatic heterocycles. The monoisotopic (exact) mass is 171 g/mol. The van der Waals surface area contributed by atoms with Crippen LogP contribution in [0.5, 0.6) is 0 Å². The van der Waals surface area contributed by atoms with Crippen molar-refractivity contribution >= 4 is 29.3 Å². The Balaban J connectivity index is 2.85. The highest BCUT2D eigenvalue weighted by atomic mass is 35.9. The normalized spacial score (nSPS) is 9.25. The van der Waals surface area contributed by atoms with Crippen LogP contribution in [0.2, 0.25) is 0 Å². The molecule has 0 saturated heterocycles. The Morgan fingerprint density at radius 1 is 1.62 bits per heavy atom. The van der Waals surface area contributed by atoms with E-state index in [0.717, 1.165) is 0 Å². The van der Waals surface area contributed by atoms with Crippen LogP contribution < -0.4 is 0 Å². The van der Waals surface area contributed by atoms with Crippen LogP contribution in [0.1, 0.15) is 0 Å². The number of hydrogen-bond donors (Lipinski definition) is 0. The van der Waals surface area contributed by atoms with E-state index in [9.17, 15) is 0 Å². The minimum atomic E-state index is -1.31. The molecule has 0 unspecified atom stereocenters. The minimum Gasteiger partial charge on any atom is -0.324 e. The molecule has 0 aliphatic rings. The molecule has 0 radical (unpaired) electrons. The number of halogens is 2. The van der Waals surface area contributed by atoms with Gasteiger partial charge in [0.15, 0.2) is 0 Å². The van der Waals surface area contributed by atoms with Gasteiger partial charge in [0.1, 0.15) is 6.61 Å². The van der Waals surface area contributed by atoms with Crippen LogP contribution in [0.15, 0.2) is 0 Å². The van der Waals surface area contributed by atoms with Crippen molar-refractivity contribution in [3.05, 3.63) is 11.4 Å². The van der Waals surface area contributed by atoms with E-state index in [0.29, 0.717) is 13.2 Å². The van der Waals surface area contributed by atoms with E-state index in [1.54, 1.807) is 0 Å². The van der Waals surface area contributed by atoms with Crippen molar-refractivity contribution in [1.29, 1.82) is 0 Å². The molecule has 0 fully saturated rings. The first-order valence-electron chi connectivity index (χ1n) is 1.85. The number of nitrogens with zero attached hydrogens (tertiary/aromatic N) is 1. The zero-order chi connectivity index (χ0) is 6.41. The number of hydrogen-bond acceptors (Lipinski definition) is 1. The van der Waals surface area contributed by atoms with Gasteiger partial charge in [-0.2, -0.15) is 0 Å². The lowest BCUT2D eigenvalue weighted by Crippen LogP contribution is -1.86. The van der Waals surface area contributed by atoms with Crippen molar-refractivity contribution in [3.8, 4) is 0 Å². The molecule has 8 heavy (non-hydrogen) atoms. The highest BCUT2D eigenvalue weighted by Crippen LogP contribution is 2.47. The first-order valence-corrected chi connectivity index (χ1v) is 4.92. The zero-order valence-electron chi connectivity index (χ0n) is 3.97. The molecule has 2 nitrogen and oxygen atoms in total. The summed E-state index contributed by atoms with van der Waals surface area (Å²) in [6, 6.07) is 0. The molecule has 0 aromatic carbocycles. The molecule has 0 aromatic rings. The van der Waals surface area contributed by atoms with E-state index in [1.807, 2.05) is 0 Å². The van der Waals surface area contributed by atoms with E-state index >= 15 is 0 Å². The van der Waals surface area contributed by atoms with Gasteiger partial charge in [-0.3, -0.25) is 0 Å². The molecule has 0 rings (SSSR count). The fraction of sp³-hybridized carbons (Fsp3) is 0.667. The Labute approximate surface area is 59.0 Å². The van der Waals surface area contributed by atoms with Gasteiger partial charge in [0.2, 0.25) is 13.4 Å². The lowest BCUT2D eigenvalue weighted by atomic mass is 10.7. The van der Waals surface area contributed by atoms with Crippen LogP contribution in [-0.4, -0.2) is 13.2 Å². The highest BCUT2D eigenvalue weighted by molar-refractivity contribution is 8.00. The van der Waals surface area contributed by atoms with Gasteiger partial charge in [0.25, 0.3) is 0 Å². The van der Waals surface area contributed by atoms with Crippen molar-refractivity contribution in [2.45, 2.75) is 0 Å². The van der Waals surface area contributed by atoms with E-state index in [2.05, 4.69) is 9.37 Å². The summed E-state index contributed by atoms with van der Waals surface area (Å²) >= 11 is 10.4. The molecule has 0 aliphatic carbocycles. The van der Waals surface area contributed by atoms with Crippen molar-refractivity contribution < 1.29 is 4.52 Å². The van der Waals surface area contributed by atoms with Gasteiger partial charge in [-0.1, -0.05) is 0 Å². The van der Waals surface area contributed by atoms with Crippen LogP contribution in [0.4, 0.5) is 0 Å². The van der Waals surface area contributed by atoms with E-state index in [1.165, 1.54) is 0 Å². The van der Waals surface area contributed by atoms with Gasteiger partial charge in [0.05, 0.1) is 0 Å². The Morgan fingerprint density at radius 3 is 2.62 bits per heavy atom. The predicted molar refractivity (Wildman–Crippen MR) is 36.0 cm³/mol. The number of rotatable bonds is 3. The summed E-state index contributed by atoms with van der Waals surface area (Å²) in [7, 11) is 0. The second kappa shape index (κ2) is 5.59. The zero-order valence-corrected chi connectivity index (χ0v) is 6.38. The summed E-state index contributed by atoms with van der Waals surface area (Å²) in [4.78, 5) is 3.03. The third kappa shape index (κ3) is 6.46. The molecule has 5 heteroatoms. The molecule has 46 valence electrons. The second-order valence-electron chi connectivity index (χ2n) is 0.917. The molecule has 0 atom stereocenters. The molecular weight excluding hydrogens is 168 g/mol.